The van der Waals surface area contributed by atoms with Gasteiger partial charge >= 0.3 is 0 Å². The van der Waals surface area contributed by atoms with Crippen molar-refractivity contribution in [3.63, 3.8) is 0 Å². The van der Waals surface area contributed by atoms with Gasteiger partial charge in [0.1, 0.15) is 5.82 Å². The van der Waals surface area contributed by atoms with E-state index in [4.69, 9.17) is 5.73 Å². The molecule has 1 aliphatic heterocycles. The molecular formula is C13H20N4O. The fourth-order valence-corrected chi connectivity index (χ4v) is 2.29. The fraction of sp³-hybridized carbons (Fsp3) is 0.538. The summed E-state index contributed by atoms with van der Waals surface area (Å²) < 4.78 is 0. The highest BCUT2D eigenvalue weighted by Gasteiger charge is 2.28. The number of carbonyl (C=O) groups is 1. The lowest BCUT2D eigenvalue weighted by Gasteiger charge is -2.23. The average molecular weight is 248 g/mol. The second-order valence-electron chi connectivity index (χ2n) is 4.83. The second kappa shape index (κ2) is 5.35. The molecule has 98 valence electrons. The van der Waals surface area contributed by atoms with E-state index in [1.54, 1.807) is 6.20 Å². The number of carbonyl (C=O) groups excluding carboxylic acids is 1. The second-order valence-corrected chi connectivity index (χ2v) is 4.83. The summed E-state index contributed by atoms with van der Waals surface area (Å²) in [6, 6.07) is 3.88. The first kappa shape index (κ1) is 12.8. The molecule has 1 saturated heterocycles. The van der Waals surface area contributed by atoms with Crippen LogP contribution in [-0.2, 0) is 0 Å². The number of aromatic nitrogens is 1. The van der Waals surface area contributed by atoms with Crippen molar-refractivity contribution in [2.45, 2.75) is 18.9 Å². The number of likely N-dealkylation sites (tertiary alicyclic amines) is 1. The summed E-state index contributed by atoms with van der Waals surface area (Å²) in [6.07, 6.45) is 3.69. The van der Waals surface area contributed by atoms with Gasteiger partial charge in [0.2, 0.25) is 0 Å². The van der Waals surface area contributed by atoms with Crippen LogP contribution in [0.4, 0.5) is 5.82 Å². The van der Waals surface area contributed by atoms with E-state index in [1.807, 2.05) is 36.0 Å². The molecule has 1 atom stereocenters. The third kappa shape index (κ3) is 2.46. The van der Waals surface area contributed by atoms with E-state index < -0.39 is 0 Å². The summed E-state index contributed by atoms with van der Waals surface area (Å²) in [4.78, 5) is 20.4. The zero-order valence-corrected chi connectivity index (χ0v) is 11.0. The molecule has 0 saturated carbocycles. The van der Waals surface area contributed by atoms with Crippen LogP contribution in [0.5, 0.6) is 0 Å². The van der Waals surface area contributed by atoms with Crippen molar-refractivity contribution in [3.05, 3.63) is 23.9 Å². The van der Waals surface area contributed by atoms with Crippen LogP contribution < -0.4 is 10.6 Å². The molecule has 0 aliphatic carbocycles. The number of pyridine rings is 1. The first-order valence-electron chi connectivity index (χ1n) is 6.28. The van der Waals surface area contributed by atoms with Gasteiger partial charge in [-0.25, -0.2) is 4.98 Å². The molecule has 1 unspecified atom stereocenters. The van der Waals surface area contributed by atoms with Gasteiger partial charge in [0.15, 0.2) is 0 Å². The summed E-state index contributed by atoms with van der Waals surface area (Å²) >= 11 is 0. The monoisotopic (exact) mass is 248 g/mol. The average Bonchev–Trinajstić information content (AvgIpc) is 2.86. The summed E-state index contributed by atoms with van der Waals surface area (Å²) in [7, 11) is 3.85. The standard InChI is InChI=1S/C13H20N4O/c1-16(2)12-6-5-10(9-15-12)13(18)17-7-3-4-11(17)8-14/h5-6,9,11H,3-4,7-8,14H2,1-2H3. The first-order chi connectivity index (χ1) is 8.63. The lowest BCUT2D eigenvalue weighted by Crippen LogP contribution is -2.39. The van der Waals surface area contributed by atoms with Gasteiger partial charge < -0.3 is 15.5 Å². The van der Waals surface area contributed by atoms with E-state index in [9.17, 15) is 4.79 Å². The topological polar surface area (TPSA) is 62.5 Å². The van der Waals surface area contributed by atoms with Crippen molar-refractivity contribution in [3.8, 4) is 0 Å². The lowest BCUT2D eigenvalue weighted by molar-refractivity contribution is 0.0741. The van der Waals surface area contributed by atoms with Gasteiger partial charge in [-0.2, -0.15) is 0 Å². The summed E-state index contributed by atoms with van der Waals surface area (Å²) in [5, 5.41) is 0. The van der Waals surface area contributed by atoms with E-state index in [0.717, 1.165) is 25.2 Å². The maximum Gasteiger partial charge on any atom is 0.255 e. The zero-order chi connectivity index (χ0) is 13.1. The van der Waals surface area contributed by atoms with Gasteiger partial charge in [0.25, 0.3) is 5.91 Å². The smallest absolute Gasteiger partial charge is 0.255 e. The largest absolute Gasteiger partial charge is 0.363 e. The van der Waals surface area contributed by atoms with Crippen LogP contribution in [0.1, 0.15) is 23.2 Å². The molecule has 5 heteroatoms. The van der Waals surface area contributed by atoms with Gasteiger partial charge in [-0.15, -0.1) is 0 Å². The molecule has 1 fully saturated rings. The quantitative estimate of drug-likeness (QED) is 0.855. The highest BCUT2D eigenvalue weighted by Crippen LogP contribution is 2.19. The van der Waals surface area contributed by atoms with Gasteiger partial charge in [-0.1, -0.05) is 0 Å². The lowest BCUT2D eigenvalue weighted by atomic mass is 10.2. The van der Waals surface area contributed by atoms with Crippen LogP contribution in [-0.4, -0.2) is 49.0 Å². The van der Waals surface area contributed by atoms with Crippen LogP contribution in [0.15, 0.2) is 18.3 Å². The number of rotatable bonds is 3. The molecule has 18 heavy (non-hydrogen) atoms. The van der Waals surface area contributed by atoms with Crippen molar-refractivity contribution in [1.82, 2.24) is 9.88 Å². The fourth-order valence-electron chi connectivity index (χ4n) is 2.29. The Hall–Kier alpha value is -1.62. The first-order valence-corrected chi connectivity index (χ1v) is 6.28. The van der Waals surface area contributed by atoms with Gasteiger partial charge in [-0.05, 0) is 25.0 Å². The van der Waals surface area contributed by atoms with E-state index in [2.05, 4.69) is 4.98 Å². The molecule has 1 aromatic heterocycles. The third-order valence-corrected chi connectivity index (χ3v) is 3.36. The Balaban J connectivity index is 2.13. The molecule has 1 aromatic rings. The Bertz CT molecular complexity index is 416. The van der Waals surface area contributed by atoms with Crippen LogP contribution in [0.2, 0.25) is 0 Å². The molecule has 5 nitrogen and oxygen atoms in total. The molecule has 2 rings (SSSR count). The highest BCUT2D eigenvalue weighted by molar-refractivity contribution is 5.94. The Morgan fingerprint density at radius 2 is 2.33 bits per heavy atom. The number of nitrogens with zero attached hydrogens (tertiary/aromatic N) is 3. The van der Waals surface area contributed by atoms with Crippen molar-refractivity contribution >= 4 is 11.7 Å². The minimum absolute atomic E-state index is 0.0424. The van der Waals surface area contributed by atoms with Crippen LogP contribution >= 0.6 is 0 Å². The molecule has 1 aliphatic rings. The minimum Gasteiger partial charge on any atom is -0.363 e. The maximum atomic E-state index is 12.3. The molecule has 2 heterocycles. The van der Waals surface area contributed by atoms with Gasteiger partial charge in [0, 0.05) is 39.4 Å². The molecule has 0 spiro atoms. The van der Waals surface area contributed by atoms with E-state index in [0.29, 0.717) is 12.1 Å². The van der Waals surface area contributed by atoms with Crippen molar-refractivity contribution < 1.29 is 4.79 Å². The molecule has 0 radical (unpaired) electrons. The minimum atomic E-state index is 0.0424. The Morgan fingerprint density at radius 3 is 2.89 bits per heavy atom. The van der Waals surface area contributed by atoms with Crippen LogP contribution in [0.3, 0.4) is 0 Å². The number of anilines is 1. The summed E-state index contributed by atoms with van der Waals surface area (Å²) in [5.74, 6) is 0.893. The van der Waals surface area contributed by atoms with Crippen LogP contribution in [0.25, 0.3) is 0 Å². The van der Waals surface area contributed by atoms with Crippen molar-refractivity contribution in [1.29, 1.82) is 0 Å². The van der Waals surface area contributed by atoms with Gasteiger partial charge in [0.05, 0.1) is 5.56 Å². The zero-order valence-electron chi connectivity index (χ0n) is 11.0. The summed E-state index contributed by atoms with van der Waals surface area (Å²) in [5.41, 5.74) is 6.33. The summed E-state index contributed by atoms with van der Waals surface area (Å²) in [6.45, 7) is 1.34. The Labute approximate surface area is 108 Å². The molecular weight excluding hydrogens is 228 g/mol. The third-order valence-electron chi connectivity index (χ3n) is 3.36. The van der Waals surface area contributed by atoms with E-state index in [1.165, 1.54) is 0 Å². The van der Waals surface area contributed by atoms with Gasteiger partial charge in [-0.3, -0.25) is 4.79 Å². The molecule has 1 amide bonds. The van der Waals surface area contributed by atoms with Crippen LogP contribution in [0, 0.1) is 0 Å². The predicted molar refractivity (Wildman–Crippen MR) is 71.7 cm³/mol. The Kier molecular flexibility index (Phi) is 3.81. The highest BCUT2D eigenvalue weighted by atomic mass is 16.2. The number of nitrogens with two attached hydrogens (primary N) is 1. The molecule has 2 N–H and O–H groups in total. The Morgan fingerprint density at radius 1 is 1.56 bits per heavy atom. The number of amides is 1. The predicted octanol–water partition coefficient (Wildman–Crippen LogP) is 0.711. The number of hydrogen-bond donors (Lipinski definition) is 1. The number of hydrogen-bond acceptors (Lipinski definition) is 4. The maximum absolute atomic E-state index is 12.3. The van der Waals surface area contributed by atoms with Crippen molar-refractivity contribution in [2.75, 3.05) is 32.1 Å². The van der Waals surface area contributed by atoms with Crippen molar-refractivity contribution in [2.24, 2.45) is 5.73 Å². The van der Waals surface area contributed by atoms with E-state index >= 15 is 0 Å². The molecule has 0 bridgehead atoms. The SMILES string of the molecule is CN(C)c1ccc(C(=O)N2CCCC2CN)cn1. The van der Waals surface area contributed by atoms with E-state index in [-0.39, 0.29) is 11.9 Å². The normalized spacial score (nSPS) is 19.1. The molecule has 0 aromatic carbocycles.